The Bertz CT molecular complexity index is 550. The largest absolute Gasteiger partial charge is 0.381 e. The van der Waals surface area contributed by atoms with Crippen molar-refractivity contribution in [2.75, 3.05) is 39.4 Å². The molecule has 0 aromatic carbocycles. The summed E-state index contributed by atoms with van der Waals surface area (Å²) < 4.78 is 5.47. The van der Waals surface area contributed by atoms with Crippen LogP contribution in [0.2, 0.25) is 0 Å². The third-order valence-electron chi connectivity index (χ3n) is 4.93. The Labute approximate surface area is 146 Å². The van der Waals surface area contributed by atoms with Crippen LogP contribution in [0.25, 0.3) is 0 Å². The molecule has 0 aliphatic carbocycles. The van der Waals surface area contributed by atoms with Gasteiger partial charge in [-0.2, -0.15) is 0 Å². The number of carbonyl (C=O) groups excluding carboxylic acids is 2. The lowest BCUT2D eigenvalue weighted by Gasteiger charge is -2.45. The average molecular weight is 351 g/mol. The summed E-state index contributed by atoms with van der Waals surface area (Å²) in [6.45, 7) is 4.14. The molecule has 2 saturated heterocycles. The molecule has 0 saturated carbocycles. The lowest BCUT2D eigenvalue weighted by atomic mass is 9.74. The first-order valence-electron chi connectivity index (χ1n) is 8.61. The number of nitrogens with zero attached hydrogens (tertiary/aromatic N) is 1. The number of thiophene rings is 1. The first-order valence-corrected chi connectivity index (χ1v) is 9.49. The number of ether oxygens (including phenoxy) is 1. The predicted molar refractivity (Wildman–Crippen MR) is 93.3 cm³/mol. The van der Waals surface area contributed by atoms with Gasteiger partial charge >= 0.3 is 6.03 Å². The fourth-order valence-corrected chi connectivity index (χ4v) is 4.19. The Morgan fingerprint density at radius 3 is 2.75 bits per heavy atom. The van der Waals surface area contributed by atoms with E-state index in [1.165, 1.54) is 17.8 Å². The van der Waals surface area contributed by atoms with Crippen molar-refractivity contribution in [2.24, 2.45) is 5.41 Å². The Kier molecular flexibility index (Phi) is 5.73. The first-order chi connectivity index (χ1) is 11.7. The summed E-state index contributed by atoms with van der Waals surface area (Å²) in [7, 11) is 0. The van der Waals surface area contributed by atoms with Crippen LogP contribution in [-0.2, 0) is 4.74 Å². The van der Waals surface area contributed by atoms with E-state index in [0.717, 1.165) is 45.6 Å². The highest BCUT2D eigenvalue weighted by Crippen LogP contribution is 2.39. The van der Waals surface area contributed by atoms with E-state index in [9.17, 15) is 9.59 Å². The highest BCUT2D eigenvalue weighted by atomic mass is 32.1. The van der Waals surface area contributed by atoms with E-state index < -0.39 is 0 Å². The summed E-state index contributed by atoms with van der Waals surface area (Å²) in [4.78, 5) is 26.8. The minimum Gasteiger partial charge on any atom is -0.381 e. The van der Waals surface area contributed by atoms with Crippen molar-refractivity contribution in [3.05, 3.63) is 22.4 Å². The Hall–Kier alpha value is -1.60. The number of hydrogen-bond donors (Lipinski definition) is 2. The summed E-state index contributed by atoms with van der Waals surface area (Å²) in [6.07, 6.45) is 4.35. The van der Waals surface area contributed by atoms with Crippen molar-refractivity contribution >= 4 is 23.3 Å². The van der Waals surface area contributed by atoms with E-state index in [4.69, 9.17) is 4.74 Å². The van der Waals surface area contributed by atoms with Crippen LogP contribution in [0.15, 0.2) is 17.5 Å². The van der Waals surface area contributed by atoms with Crippen molar-refractivity contribution in [1.29, 1.82) is 0 Å². The number of nitrogens with one attached hydrogen (secondary N) is 2. The Balaban J connectivity index is 1.39. The molecule has 24 heavy (non-hydrogen) atoms. The fourth-order valence-electron chi connectivity index (χ4n) is 3.55. The normalized spacial score (nSPS) is 19.9. The molecule has 2 N–H and O–H groups in total. The zero-order valence-electron chi connectivity index (χ0n) is 13.9. The summed E-state index contributed by atoms with van der Waals surface area (Å²) in [5.74, 6) is -0.0848. The average Bonchev–Trinajstić information content (AvgIpc) is 3.14. The van der Waals surface area contributed by atoms with Gasteiger partial charge in [-0.05, 0) is 42.5 Å². The predicted octanol–water partition coefficient (Wildman–Crippen LogP) is 2.08. The van der Waals surface area contributed by atoms with Gasteiger partial charge in [-0.25, -0.2) is 4.79 Å². The quantitative estimate of drug-likeness (QED) is 0.816. The molecule has 0 unspecified atom stereocenters. The number of urea groups is 1. The van der Waals surface area contributed by atoms with Crippen LogP contribution in [0.3, 0.4) is 0 Å². The lowest BCUT2D eigenvalue weighted by molar-refractivity contribution is -0.0185. The highest BCUT2D eigenvalue weighted by molar-refractivity contribution is 7.12. The molecule has 1 spiro atoms. The molecule has 7 heteroatoms. The van der Waals surface area contributed by atoms with Gasteiger partial charge in [-0.3, -0.25) is 4.79 Å². The van der Waals surface area contributed by atoms with Gasteiger partial charge in [0.25, 0.3) is 5.91 Å². The Morgan fingerprint density at radius 1 is 1.21 bits per heavy atom. The zero-order valence-corrected chi connectivity index (χ0v) is 14.7. The number of hydrogen-bond acceptors (Lipinski definition) is 4. The molecular formula is C17H25N3O3S. The molecule has 2 aliphatic rings. The molecule has 0 radical (unpaired) electrons. The van der Waals surface area contributed by atoms with Gasteiger partial charge < -0.3 is 20.3 Å². The van der Waals surface area contributed by atoms with Crippen molar-refractivity contribution in [2.45, 2.75) is 25.7 Å². The van der Waals surface area contributed by atoms with Crippen LogP contribution >= 0.6 is 11.3 Å². The zero-order chi connectivity index (χ0) is 16.8. The minimum atomic E-state index is -0.0848. The summed E-state index contributed by atoms with van der Waals surface area (Å²) >= 11 is 1.41. The van der Waals surface area contributed by atoms with E-state index in [1.807, 2.05) is 16.3 Å². The van der Waals surface area contributed by atoms with E-state index in [2.05, 4.69) is 10.6 Å². The van der Waals surface area contributed by atoms with Crippen LogP contribution in [0.4, 0.5) is 4.79 Å². The van der Waals surface area contributed by atoms with Crippen LogP contribution < -0.4 is 10.6 Å². The number of rotatable bonds is 4. The second-order valence-electron chi connectivity index (χ2n) is 6.60. The van der Waals surface area contributed by atoms with Gasteiger partial charge in [0.2, 0.25) is 0 Å². The summed E-state index contributed by atoms with van der Waals surface area (Å²) in [6, 6.07) is 3.62. The van der Waals surface area contributed by atoms with Crippen molar-refractivity contribution in [3.63, 3.8) is 0 Å². The molecule has 1 aromatic rings. The third-order valence-corrected chi connectivity index (χ3v) is 5.80. The van der Waals surface area contributed by atoms with Crippen molar-refractivity contribution in [3.8, 4) is 0 Å². The van der Waals surface area contributed by atoms with Gasteiger partial charge in [-0.1, -0.05) is 6.07 Å². The van der Waals surface area contributed by atoms with Gasteiger partial charge in [0, 0.05) is 39.4 Å². The maximum atomic E-state index is 12.4. The number of carbonyl (C=O) groups is 2. The van der Waals surface area contributed by atoms with Gasteiger partial charge in [-0.15, -0.1) is 11.3 Å². The highest BCUT2D eigenvalue weighted by Gasteiger charge is 2.38. The molecule has 132 valence electrons. The molecule has 3 amide bonds. The van der Waals surface area contributed by atoms with E-state index >= 15 is 0 Å². The summed E-state index contributed by atoms with van der Waals surface area (Å²) in [5.41, 5.74) is 0.251. The summed E-state index contributed by atoms with van der Waals surface area (Å²) in [5, 5.41) is 7.62. The minimum absolute atomic E-state index is 0.0223. The molecule has 3 rings (SSSR count). The maximum Gasteiger partial charge on any atom is 0.317 e. The number of amides is 3. The standard InChI is InChI=1S/C17H25N3O3S/c21-15(14-3-1-12-24-14)18-7-8-19-16(22)20-9-2-4-17(13-20)5-10-23-11-6-17/h1,3,12H,2,4-11,13H2,(H,18,21)(H,19,22). The molecular weight excluding hydrogens is 326 g/mol. The van der Waals surface area contributed by atoms with E-state index in [1.54, 1.807) is 6.07 Å². The molecule has 0 bridgehead atoms. The molecule has 3 heterocycles. The monoisotopic (exact) mass is 351 g/mol. The second kappa shape index (κ2) is 7.98. The van der Waals surface area contributed by atoms with E-state index in [-0.39, 0.29) is 17.4 Å². The SMILES string of the molecule is O=C(NCCNC(=O)N1CCCC2(CCOCC2)C1)c1cccs1. The fraction of sp³-hybridized carbons (Fsp3) is 0.647. The first kappa shape index (κ1) is 17.2. The van der Waals surface area contributed by atoms with E-state index in [0.29, 0.717) is 18.0 Å². The van der Waals surface area contributed by atoms with Crippen molar-refractivity contribution in [1.82, 2.24) is 15.5 Å². The number of likely N-dealkylation sites (tertiary alicyclic amines) is 1. The topological polar surface area (TPSA) is 70.7 Å². The van der Waals surface area contributed by atoms with Crippen LogP contribution in [0, 0.1) is 5.41 Å². The van der Waals surface area contributed by atoms with Gasteiger partial charge in [0.05, 0.1) is 4.88 Å². The second-order valence-corrected chi connectivity index (χ2v) is 7.55. The van der Waals surface area contributed by atoms with Crippen molar-refractivity contribution < 1.29 is 14.3 Å². The maximum absolute atomic E-state index is 12.4. The van der Waals surface area contributed by atoms with Crippen LogP contribution in [-0.4, -0.2) is 56.2 Å². The molecule has 2 aliphatic heterocycles. The molecule has 6 nitrogen and oxygen atoms in total. The lowest BCUT2D eigenvalue weighted by Crippen LogP contribution is -2.52. The molecule has 2 fully saturated rings. The number of piperidine rings is 1. The Morgan fingerprint density at radius 2 is 2.00 bits per heavy atom. The smallest absolute Gasteiger partial charge is 0.317 e. The van der Waals surface area contributed by atoms with Crippen LogP contribution in [0.5, 0.6) is 0 Å². The van der Waals surface area contributed by atoms with Crippen LogP contribution in [0.1, 0.15) is 35.4 Å². The third kappa shape index (κ3) is 4.27. The van der Waals surface area contributed by atoms with Gasteiger partial charge in [0.15, 0.2) is 0 Å². The molecule has 1 aromatic heterocycles. The molecule has 0 atom stereocenters. The van der Waals surface area contributed by atoms with Gasteiger partial charge in [0.1, 0.15) is 0 Å².